The van der Waals surface area contributed by atoms with Crippen LogP contribution in [0.1, 0.15) is 5.56 Å². The van der Waals surface area contributed by atoms with Crippen LogP contribution in [0, 0.1) is 0 Å². The summed E-state index contributed by atoms with van der Waals surface area (Å²) in [5, 5.41) is 15.6. The predicted octanol–water partition coefficient (Wildman–Crippen LogP) is 2.98. The molecule has 3 aromatic rings. The molecule has 6 nitrogen and oxygen atoms in total. The van der Waals surface area contributed by atoms with Crippen molar-refractivity contribution in [1.29, 1.82) is 0 Å². The third-order valence-corrected chi connectivity index (χ3v) is 4.29. The topological polar surface area (TPSA) is 87.2 Å². The molecule has 0 saturated carbocycles. The van der Waals surface area contributed by atoms with Crippen LogP contribution in [0.4, 0.5) is 11.5 Å². The lowest BCUT2D eigenvalue weighted by Crippen LogP contribution is -2.24. The van der Waals surface area contributed by atoms with Crippen LogP contribution >= 0.6 is 23.2 Å². The van der Waals surface area contributed by atoms with Crippen LogP contribution in [0.25, 0.3) is 10.9 Å². The Balaban J connectivity index is 2.08. The van der Waals surface area contributed by atoms with E-state index in [9.17, 15) is 9.90 Å². The van der Waals surface area contributed by atoms with E-state index in [2.05, 4.69) is 15.3 Å². The number of fused-ring (bicyclic) bond motifs is 1. The van der Waals surface area contributed by atoms with E-state index >= 15 is 0 Å². The van der Waals surface area contributed by atoms with Gasteiger partial charge in [-0.15, -0.1) is 0 Å². The zero-order valence-corrected chi connectivity index (χ0v) is 14.6. The Hall–Kier alpha value is -2.57. The molecule has 0 fully saturated rings. The van der Waals surface area contributed by atoms with Gasteiger partial charge < -0.3 is 20.0 Å². The first kappa shape index (κ1) is 17.3. The summed E-state index contributed by atoms with van der Waals surface area (Å²) in [4.78, 5) is 19.4. The molecule has 1 N–H and O–H groups in total. The summed E-state index contributed by atoms with van der Waals surface area (Å²) < 4.78 is 5.24. The van der Waals surface area contributed by atoms with Gasteiger partial charge in [-0.3, -0.25) is 0 Å². The highest BCUT2D eigenvalue weighted by molar-refractivity contribution is 6.42. The monoisotopic (exact) mass is 376 g/mol. The van der Waals surface area contributed by atoms with Crippen molar-refractivity contribution in [3.63, 3.8) is 0 Å². The lowest BCUT2D eigenvalue weighted by atomic mass is 10.1. The molecule has 2 aromatic carbocycles. The Bertz CT molecular complexity index is 963. The highest BCUT2D eigenvalue weighted by Gasteiger charge is 2.11. The van der Waals surface area contributed by atoms with Crippen LogP contribution in [0.2, 0.25) is 10.0 Å². The number of halogens is 2. The molecule has 128 valence electrons. The molecule has 0 aliphatic rings. The largest absolute Gasteiger partial charge is 0.550 e. The number of carbonyl (C=O) groups excluding carboxylic acids is 1. The Morgan fingerprint density at radius 2 is 2.00 bits per heavy atom. The Kier molecular flexibility index (Phi) is 4.92. The number of benzene rings is 2. The average molecular weight is 377 g/mol. The van der Waals surface area contributed by atoms with Crippen molar-refractivity contribution in [3.05, 3.63) is 52.3 Å². The van der Waals surface area contributed by atoms with Crippen LogP contribution in [-0.4, -0.2) is 23.0 Å². The van der Waals surface area contributed by atoms with Crippen molar-refractivity contribution in [1.82, 2.24) is 9.97 Å². The Morgan fingerprint density at radius 1 is 1.20 bits per heavy atom. The normalized spacial score (nSPS) is 10.7. The average Bonchev–Trinajstić information content (AvgIpc) is 2.57. The van der Waals surface area contributed by atoms with Gasteiger partial charge in [0.2, 0.25) is 0 Å². The number of aliphatic carboxylic acids is 1. The number of nitrogens with zero attached hydrogens (tertiary/aromatic N) is 2. The minimum Gasteiger partial charge on any atom is -0.550 e. The van der Waals surface area contributed by atoms with Gasteiger partial charge in [-0.05, 0) is 24.3 Å². The molecule has 0 amide bonds. The molecule has 0 atom stereocenters. The van der Waals surface area contributed by atoms with E-state index < -0.39 is 5.97 Å². The van der Waals surface area contributed by atoms with E-state index in [1.165, 1.54) is 13.4 Å². The minimum atomic E-state index is -1.20. The molecule has 0 aliphatic carbocycles. The summed E-state index contributed by atoms with van der Waals surface area (Å²) in [6.45, 7) is 0. The maximum atomic E-state index is 11.0. The van der Waals surface area contributed by atoms with Crippen molar-refractivity contribution >= 4 is 51.6 Å². The minimum absolute atomic E-state index is 0.278. The highest BCUT2D eigenvalue weighted by atomic mass is 35.5. The molecule has 0 spiro atoms. The number of rotatable bonds is 5. The van der Waals surface area contributed by atoms with E-state index in [0.717, 1.165) is 0 Å². The van der Waals surface area contributed by atoms with Crippen LogP contribution in [-0.2, 0) is 11.2 Å². The molecule has 25 heavy (non-hydrogen) atoms. The molecule has 0 aliphatic heterocycles. The molecule has 1 heterocycles. The van der Waals surface area contributed by atoms with Crippen LogP contribution in [0.3, 0.4) is 0 Å². The fraction of sp³-hybridized carbons (Fsp3) is 0.118. The van der Waals surface area contributed by atoms with Gasteiger partial charge in [0.25, 0.3) is 0 Å². The second kappa shape index (κ2) is 7.13. The van der Waals surface area contributed by atoms with Gasteiger partial charge in [0.15, 0.2) is 0 Å². The van der Waals surface area contributed by atoms with Gasteiger partial charge in [0.05, 0.1) is 22.7 Å². The third-order valence-electron chi connectivity index (χ3n) is 3.55. The molecule has 1 aromatic heterocycles. The number of hydrogen-bond donors (Lipinski definition) is 1. The van der Waals surface area contributed by atoms with E-state index in [0.29, 0.717) is 43.8 Å². The van der Waals surface area contributed by atoms with Gasteiger partial charge in [-0.1, -0.05) is 23.2 Å². The maximum absolute atomic E-state index is 11.0. The fourth-order valence-corrected chi connectivity index (χ4v) is 2.72. The second-order valence-corrected chi connectivity index (χ2v) is 6.02. The molecule has 8 heteroatoms. The molecular formula is C17H12Cl2N3O3-. The van der Waals surface area contributed by atoms with Crippen molar-refractivity contribution < 1.29 is 14.6 Å². The fourth-order valence-electron chi connectivity index (χ4n) is 2.42. The van der Waals surface area contributed by atoms with Crippen molar-refractivity contribution in [2.75, 3.05) is 12.4 Å². The molecule has 0 bridgehead atoms. The predicted molar refractivity (Wildman–Crippen MR) is 94.5 cm³/mol. The highest BCUT2D eigenvalue weighted by Crippen LogP contribution is 2.31. The number of carbonyl (C=O) groups is 1. The van der Waals surface area contributed by atoms with Crippen LogP contribution < -0.4 is 15.2 Å². The number of hydrogen-bond acceptors (Lipinski definition) is 6. The second-order valence-electron chi connectivity index (χ2n) is 5.21. The van der Waals surface area contributed by atoms with E-state index in [1.54, 1.807) is 30.3 Å². The number of aromatic nitrogens is 2. The summed E-state index contributed by atoms with van der Waals surface area (Å²) in [7, 11) is 1.47. The molecular weight excluding hydrogens is 365 g/mol. The lowest BCUT2D eigenvalue weighted by molar-refractivity contribution is -0.304. The standard InChI is InChI=1S/C17H13Cl2N3O3/c1-25-15-7-14-11(4-9(15)5-16(23)24)17(21-8-20-14)22-10-2-3-12(18)13(19)6-10/h2-4,6-8H,5H2,1H3,(H,23,24)(H,20,21,22)/p-1. The number of anilines is 2. The smallest absolute Gasteiger partial charge is 0.141 e. The van der Waals surface area contributed by atoms with Crippen molar-refractivity contribution in [2.45, 2.75) is 6.42 Å². The van der Waals surface area contributed by atoms with Crippen LogP contribution in [0.15, 0.2) is 36.7 Å². The zero-order valence-electron chi connectivity index (χ0n) is 13.0. The third kappa shape index (κ3) is 3.75. The lowest BCUT2D eigenvalue weighted by Gasteiger charge is -2.13. The van der Waals surface area contributed by atoms with Gasteiger partial charge in [-0.25, -0.2) is 9.97 Å². The SMILES string of the molecule is COc1cc2ncnc(Nc3ccc(Cl)c(Cl)c3)c2cc1CC(=O)[O-]. The first-order valence-corrected chi connectivity index (χ1v) is 7.97. The quantitative estimate of drug-likeness (QED) is 0.736. The van der Waals surface area contributed by atoms with Crippen molar-refractivity contribution in [2.24, 2.45) is 0 Å². The number of ether oxygens (including phenoxy) is 1. The van der Waals surface area contributed by atoms with E-state index in [4.69, 9.17) is 27.9 Å². The van der Waals surface area contributed by atoms with Crippen molar-refractivity contribution in [3.8, 4) is 5.75 Å². The molecule has 0 saturated heterocycles. The van der Waals surface area contributed by atoms with Gasteiger partial charge in [-0.2, -0.15) is 0 Å². The summed E-state index contributed by atoms with van der Waals surface area (Å²) in [6, 6.07) is 8.43. The number of methoxy groups -OCH3 is 1. The first-order chi connectivity index (χ1) is 12.0. The van der Waals surface area contributed by atoms with E-state index in [-0.39, 0.29) is 6.42 Å². The summed E-state index contributed by atoms with van der Waals surface area (Å²) in [6.07, 6.45) is 1.13. The number of nitrogens with one attached hydrogen (secondary N) is 1. The summed E-state index contributed by atoms with van der Waals surface area (Å²) in [5.74, 6) is -0.269. The molecule has 3 rings (SSSR count). The summed E-state index contributed by atoms with van der Waals surface area (Å²) in [5.41, 5.74) is 1.77. The molecule has 0 radical (unpaired) electrons. The van der Waals surface area contributed by atoms with Gasteiger partial charge in [0, 0.05) is 35.1 Å². The number of carboxylic acid groups (broad SMARTS) is 1. The Labute approximate surface area is 153 Å². The Morgan fingerprint density at radius 3 is 2.68 bits per heavy atom. The number of carboxylic acids is 1. The summed E-state index contributed by atoms with van der Waals surface area (Å²) >= 11 is 11.9. The van der Waals surface area contributed by atoms with E-state index in [1.807, 2.05) is 0 Å². The maximum Gasteiger partial charge on any atom is 0.141 e. The molecule has 0 unspecified atom stereocenters. The van der Waals surface area contributed by atoms with Crippen LogP contribution in [0.5, 0.6) is 5.75 Å². The van der Waals surface area contributed by atoms with Gasteiger partial charge in [0.1, 0.15) is 17.9 Å². The first-order valence-electron chi connectivity index (χ1n) is 7.21. The zero-order chi connectivity index (χ0) is 18.0. The van der Waals surface area contributed by atoms with Gasteiger partial charge >= 0.3 is 0 Å².